The van der Waals surface area contributed by atoms with Gasteiger partial charge in [-0.05, 0) is 54.8 Å². The zero-order valence-electron chi connectivity index (χ0n) is 19.0. The molecule has 0 bridgehead atoms. The molecular formula is C27H24N2O4S. The van der Waals surface area contributed by atoms with E-state index in [-0.39, 0.29) is 5.78 Å². The number of aryl methyl sites for hydroxylation is 1. The summed E-state index contributed by atoms with van der Waals surface area (Å²) in [5, 5.41) is 3.10. The molecule has 0 atom stereocenters. The molecular weight excluding hydrogens is 448 g/mol. The van der Waals surface area contributed by atoms with Gasteiger partial charge in [0, 0.05) is 47.2 Å². The number of rotatable bonds is 5. The molecule has 0 N–H and O–H groups in total. The fourth-order valence-electron chi connectivity index (χ4n) is 4.68. The molecule has 0 unspecified atom stereocenters. The van der Waals surface area contributed by atoms with Crippen molar-refractivity contribution < 1.29 is 19.0 Å². The molecule has 6 nitrogen and oxygen atoms in total. The molecule has 0 radical (unpaired) electrons. The van der Waals surface area contributed by atoms with E-state index in [2.05, 4.69) is 40.1 Å². The van der Waals surface area contributed by atoms with Crippen LogP contribution in [-0.4, -0.2) is 29.1 Å². The van der Waals surface area contributed by atoms with E-state index in [1.54, 1.807) is 18.4 Å². The van der Waals surface area contributed by atoms with E-state index in [9.17, 15) is 4.79 Å². The SMILES string of the molecule is CCn1cc(/C=C2\Oc3c(ccc4c3CN(Cc3cccs3)CO4)C2=O)c2cc(OC)ccc21. The summed E-state index contributed by atoms with van der Waals surface area (Å²) in [6, 6.07) is 13.9. The molecule has 0 spiro atoms. The molecule has 2 aliphatic rings. The number of methoxy groups -OCH3 is 1. The highest BCUT2D eigenvalue weighted by atomic mass is 32.1. The van der Waals surface area contributed by atoms with E-state index in [0.29, 0.717) is 30.3 Å². The third kappa shape index (κ3) is 3.48. The van der Waals surface area contributed by atoms with Crippen molar-refractivity contribution in [3.63, 3.8) is 0 Å². The number of carbonyl (C=O) groups excluding carboxylic acids is 1. The molecule has 0 amide bonds. The standard InChI is InChI=1S/C27H24N2O4S/c1-3-29-13-17(21-12-18(31-2)6-8-23(21)29)11-25-26(30)20-7-9-24-22(27(20)33-25)15-28(16-32-24)14-19-5-4-10-34-19/h4-13H,3,14-16H2,1-2H3/b25-11-. The summed E-state index contributed by atoms with van der Waals surface area (Å²) in [5.74, 6) is 2.40. The van der Waals surface area contributed by atoms with Crippen LogP contribution in [0.3, 0.4) is 0 Å². The molecule has 2 aromatic heterocycles. The van der Waals surface area contributed by atoms with Gasteiger partial charge in [-0.3, -0.25) is 9.69 Å². The topological polar surface area (TPSA) is 52.9 Å². The second kappa shape index (κ2) is 8.34. The van der Waals surface area contributed by atoms with Crippen molar-refractivity contribution in [2.24, 2.45) is 0 Å². The summed E-state index contributed by atoms with van der Waals surface area (Å²) in [5.41, 5.74) is 3.53. The van der Waals surface area contributed by atoms with Crippen molar-refractivity contribution in [1.82, 2.24) is 9.47 Å². The molecule has 7 heteroatoms. The maximum atomic E-state index is 13.3. The second-order valence-corrected chi connectivity index (χ2v) is 9.48. The van der Waals surface area contributed by atoms with Gasteiger partial charge in [0.15, 0.2) is 5.76 Å². The second-order valence-electron chi connectivity index (χ2n) is 8.45. The molecule has 6 rings (SSSR count). The van der Waals surface area contributed by atoms with Crippen molar-refractivity contribution in [1.29, 1.82) is 0 Å². The van der Waals surface area contributed by atoms with E-state index in [1.165, 1.54) is 4.88 Å². The monoisotopic (exact) mass is 472 g/mol. The smallest absolute Gasteiger partial charge is 0.231 e. The third-order valence-corrected chi connectivity index (χ3v) is 7.25. The van der Waals surface area contributed by atoms with E-state index in [1.807, 2.05) is 36.4 Å². The molecule has 0 fully saturated rings. The summed E-state index contributed by atoms with van der Waals surface area (Å²) in [7, 11) is 1.66. The highest BCUT2D eigenvalue weighted by Gasteiger charge is 2.34. The van der Waals surface area contributed by atoms with Crippen LogP contribution in [0.5, 0.6) is 17.2 Å². The van der Waals surface area contributed by atoms with Gasteiger partial charge in [0.25, 0.3) is 0 Å². The minimum Gasteiger partial charge on any atom is -0.497 e. The van der Waals surface area contributed by atoms with Crippen LogP contribution in [0.4, 0.5) is 0 Å². The summed E-state index contributed by atoms with van der Waals surface area (Å²) in [6.45, 7) is 4.91. The normalized spacial score (nSPS) is 16.4. The largest absolute Gasteiger partial charge is 0.497 e. The Morgan fingerprint density at radius 2 is 2.12 bits per heavy atom. The van der Waals surface area contributed by atoms with Gasteiger partial charge in [-0.2, -0.15) is 0 Å². The number of Topliss-reactive ketones (excluding diaryl/α,β-unsaturated/α-hetero) is 1. The first kappa shape index (κ1) is 21.0. The quantitative estimate of drug-likeness (QED) is 0.349. The molecule has 2 aliphatic heterocycles. The van der Waals surface area contributed by atoms with Crippen LogP contribution in [0.25, 0.3) is 17.0 Å². The summed E-state index contributed by atoms with van der Waals surface area (Å²) in [6.07, 6.45) is 3.90. The van der Waals surface area contributed by atoms with Crippen molar-refractivity contribution in [2.75, 3.05) is 13.8 Å². The van der Waals surface area contributed by atoms with Crippen LogP contribution in [0.1, 0.15) is 33.3 Å². The Bertz CT molecular complexity index is 1430. The first-order valence-electron chi connectivity index (χ1n) is 11.3. The predicted octanol–water partition coefficient (Wildman–Crippen LogP) is 5.70. The Morgan fingerprint density at radius 1 is 1.21 bits per heavy atom. The van der Waals surface area contributed by atoms with Gasteiger partial charge in [-0.25, -0.2) is 0 Å². The average molecular weight is 473 g/mol. The van der Waals surface area contributed by atoms with Gasteiger partial charge in [-0.15, -0.1) is 11.3 Å². The van der Waals surface area contributed by atoms with Gasteiger partial charge in [0.05, 0.1) is 18.2 Å². The first-order valence-corrected chi connectivity index (χ1v) is 12.2. The van der Waals surface area contributed by atoms with E-state index in [0.717, 1.165) is 46.6 Å². The Hall–Kier alpha value is -3.55. The summed E-state index contributed by atoms with van der Waals surface area (Å²) < 4.78 is 19.8. The lowest BCUT2D eigenvalue weighted by Crippen LogP contribution is -2.31. The fraction of sp³-hybridized carbons (Fsp3) is 0.222. The predicted molar refractivity (Wildman–Crippen MR) is 133 cm³/mol. The van der Waals surface area contributed by atoms with Crippen LogP contribution < -0.4 is 14.2 Å². The lowest BCUT2D eigenvalue weighted by Gasteiger charge is -2.29. The van der Waals surface area contributed by atoms with Crippen molar-refractivity contribution in [2.45, 2.75) is 26.6 Å². The Kier molecular flexibility index (Phi) is 5.16. The molecule has 0 saturated carbocycles. The van der Waals surface area contributed by atoms with Gasteiger partial charge < -0.3 is 18.8 Å². The number of nitrogens with zero attached hydrogens (tertiary/aromatic N) is 2. The lowest BCUT2D eigenvalue weighted by molar-refractivity contribution is 0.0882. The Labute approximate surface area is 201 Å². The Balaban J connectivity index is 1.35. The van der Waals surface area contributed by atoms with E-state index >= 15 is 0 Å². The molecule has 0 aliphatic carbocycles. The van der Waals surface area contributed by atoms with Crippen molar-refractivity contribution in [3.8, 4) is 17.2 Å². The van der Waals surface area contributed by atoms with Crippen molar-refractivity contribution in [3.05, 3.63) is 81.4 Å². The fourth-order valence-corrected chi connectivity index (χ4v) is 5.42. The van der Waals surface area contributed by atoms with Gasteiger partial charge in [-0.1, -0.05) is 6.07 Å². The number of hydrogen-bond donors (Lipinski definition) is 0. The van der Waals surface area contributed by atoms with E-state index < -0.39 is 0 Å². The number of allylic oxidation sites excluding steroid dienone is 1. The number of hydrogen-bond acceptors (Lipinski definition) is 6. The van der Waals surface area contributed by atoms with E-state index in [4.69, 9.17) is 14.2 Å². The van der Waals surface area contributed by atoms with Crippen LogP contribution in [0, 0.1) is 0 Å². The number of carbonyl (C=O) groups is 1. The lowest BCUT2D eigenvalue weighted by atomic mass is 10.0. The van der Waals surface area contributed by atoms with Crippen LogP contribution in [-0.2, 0) is 19.6 Å². The summed E-state index contributed by atoms with van der Waals surface area (Å²) in [4.78, 5) is 16.8. The minimum atomic E-state index is -0.103. The maximum absolute atomic E-state index is 13.3. The third-order valence-electron chi connectivity index (χ3n) is 6.39. The molecule has 2 aromatic carbocycles. The number of thiophene rings is 1. The highest BCUT2D eigenvalue weighted by Crippen LogP contribution is 2.42. The number of ketones is 1. The van der Waals surface area contributed by atoms with Crippen molar-refractivity contribution >= 4 is 34.1 Å². The molecule has 172 valence electrons. The number of benzene rings is 2. The Morgan fingerprint density at radius 3 is 2.91 bits per heavy atom. The molecule has 4 heterocycles. The number of fused-ring (bicyclic) bond motifs is 4. The van der Waals surface area contributed by atoms with Gasteiger partial charge in [0.1, 0.15) is 24.0 Å². The zero-order valence-corrected chi connectivity index (χ0v) is 19.9. The molecule has 34 heavy (non-hydrogen) atoms. The van der Waals surface area contributed by atoms with Crippen LogP contribution in [0.15, 0.2) is 59.8 Å². The average Bonchev–Trinajstić information content (AvgIpc) is 3.58. The molecule has 0 saturated heterocycles. The van der Waals surface area contributed by atoms with Gasteiger partial charge >= 0.3 is 0 Å². The van der Waals surface area contributed by atoms with Crippen LogP contribution in [0.2, 0.25) is 0 Å². The minimum absolute atomic E-state index is 0.103. The zero-order chi connectivity index (χ0) is 23.2. The highest BCUT2D eigenvalue weighted by molar-refractivity contribution is 7.09. The number of aromatic nitrogens is 1. The number of ether oxygens (including phenoxy) is 3. The first-order chi connectivity index (χ1) is 16.6. The summed E-state index contributed by atoms with van der Waals surface area (Å²) >= 11 is 1.73. The van der Waals surface area contributed by atoms with Gasteiger partial charge in [0.2, 0.25) is 5.78 Å². The maximum Gasteiger partial charge on any atom is 0.231 e. The molecule has 4 aromatic rings. The van der Waals surface area contributed by atoms with Crippen LogP contribution >= 0.6 is 11.3 Å².